The van der Waals surface area contributed by atoms with Gasteiger partial charge in [-0.15, -0.1) is 0 Å². The highest BCUT2D eigenvalue weighted by Crippen LogP contribution is 2.31. The zero-order valence-electron chi connectivity index (χ0n) is 18.7. The minimum atomic E-state index is -2.99. The van der Waals surface area contributed by atoms with Crippen LogP contribution in [0.1, 0.15) is 45.8 Å². The fourth-order valence-corrected chi connectivity index (χ4v) is 3.92. The number of nitrogens with one attached hydrogen (secondary N) is 1. The van der Waals surface area contributed by atoms with E-state index in [1.54, 1.807) is 12.1 Å². The van der Waals surface area contributed by atoms with Crippen molar-refractivity contribution in [1.29, 1.82) is 5.26 Å². The summed E-state index contributed by atoms with van der Waals surface area (Å²) in [6.45, 7) is 2.94. The molecule has 10 heteroatoms. The summed E-state index contributed by atoms with van der Waals surface area (Å²) in [6, 6.07) is 11.8. The van der Waals surface area contributed by atoms with Crippen molar-refractivity contribution in [3.8, 4) is 11.8 Å². The first kappa shape index (κ1) is 22.9. The van der Waals surface area contributed by atoms with Crippen LogP contribution in [-0.4, -0.2) is 34.7 Å². The van der Waals surface area contributed by atoms with Crippen molar-refractivity contribution in [2.24, 2.45) is 0 Å². The van der Waals surface area contributed by atoms with Gasteiger partial charge in [0.15, 0.2) is 0 Å². The zero-order valence-corrected chi connectivity index (χ0v) is 18.7. The van der Waals surface area contributed by atoms with E-state index < -0.39 is 17.7 Å². The first-order valence-corrected chi connectivity index (χ1v) is 10.4. The Hall–Kier alpha value is -4.26. The first-order chi connectivity index (χ1) is 16.1. The molecule has 0 saturated heterocycles. The number of fused-ring (bicyclic) bond motifs is 1. The molecular weight excluding hydrogens is 444 g/mol. The maximum absolute atomic E-state index is 13.6. The van der Waals surface area contributed by atoms with E-state index in [-0.39, 0.29) is 28.4 Å². The molecule has 2 aromatic carbocycles. The van der Waals surface area contributed by atoms with Gasteiger partial charge in [-0.1, -0.05) is 12.1 Å². The number of hydrogen-bond donors (Lipinski definition) is 1. The van der Waals surface area contributed by atoms with Gasteiger partial charge in [0.1, 0.15) is 17.5 Å². The molecule has 0 unspecified atom stereocenters. The van der Waals surface area contributed by atoms with Crippen molar-refractivity contribution in [2.45, 2.75) is 32.4 Å². The molecule has 0 fully saturated rings. The quantitative estimate of drug-likeness (QED) is 0.610. The molecule has 1 aliphatic rings. The monoisotopic (exact) mass is 465 g/mol. The lowest BCUT2D eigenvalue weighted by atomic mass is 10.1. The number of benzene rings is 2. The minimum absolute atomic E-state index is 0.0629. The third kappa shape index (κ3) is 4.08. The molecule has 0 bridgehead atoms. The molecule has 0 saturated carbocycles. The van der Waals surface area contributed by atoms with Crippen LogP contribution in [0.15, 0.2) is 48.7 Å². The fourth-order valence-electron chi connectivity index (χ4n) is 3.92. The van der Waals surface area contributed by atoms with Gasteiger partial charge < -0.3 is 15.0 Å². The van der Waals surface area contributed by atoms with E-state index in [1.165, 1.54) is 53.2 Å². The summed E-state index contributed by atoms with van der Waals surface area (Å²) >= 11 is 0. The second kappa shape index (κ2) is 8.59. The second-order valence-electron chi connectivity index (χ2n) is 8.03. The molecule has 4 rings (SSSR count). The molecule has 1 aromatic heterocycles. The van der Waals surface area contributed by atoms with E-state index in [2.05, 4.69) is 10.4 Å². The number of ether oxygens (including phenoxy) is 1. The van der Waals surface area contributed by atoms with Crippen molar-refractivity contribution in [3.05, 3.63) is 71.0 Å². The van der Waals surface area contributed by atoms with E-state index in [0.717, 1.165) is 6.92 Å². The maximum Gasteiger partial charge on any atom is 0.277 e. The van der Waals surface area contributed by atoms with E-state index in [9.17, 15) is 23.6 Å². The molecule has 2 amide bonds. The van der Waals surface area contributed by atoms with Crippen LogP contribution < -0.4 is 15.0 Å². The van der Waals surface area contributed by atoms with Crippen molar-refractivity contribution in [3.63, 3.8) is 0 Å². The lowest BCUT2D eigenvalue weighted by Gasteiger charge is -2.34. The molecule has 1 atom stereocenters. The Morgan fingerprint density at radius 1 is 1.26 bits per heavy atom. The number of carbonyl (C=O) groups is 2. The summed E-state index contributed by atoms with van der Waals surface area (Å²) in [5, 5.41) is 16.1. The van der Waals surface area contributed by atoms with Crippen LogP contribution in [0.3, 0.4) is 0 Å². The summed E-state index contributed by atoms with van der Waals surface area (Å²) < 4.78 is 33.7. The summed E-state index contributed by atoms with van der Waals surface area (Å²) in [5.74, 6) is -3.66. The third-order valence-electron chi connectivity index (χ3n) is 5.61. The molecule has 3 aromatic rings. The molecule has 0 spiro atoms. The molecule has 174 valence electrons. The molecule has 2 heterocycles. The van der Waals surface area contributed by atoms with Gasteiger partial charge in [0.25, 0.3) is 17.7 Å². The zero-order chi connectivity index (χ0) is 24.6. The lowest BCUT2D eigenvalue weighted by Crippen LogP contribution is -2.47. The van der Waals surface area contributed by atoms with Gasteiger partial charge in [0.05, 0.1) is 37.0 Å². The predicted molar refractivity (Wildman–Crippen MR) is 120 cm³/mol. The Labute approximate surface area is 194 Å². The molecule has 34 heavy (non-hydrogen) atoms. The number of anilines is 2. The Morgan fingerprint density at radius 3 is 2.59 bits per heavy atom. The minimum Gasteiger partial charge on any atom is -0.495 e. The number of amides is 2. The topological polar surface area (TPSA) is 100 Å². The number of hydrogen-bond acceptors (Lipinski definition) is 5. The number of nitrogens with zero attached hydrogens (tertiary/aromatic N) is 4. The van der Waals surface area contributed by atoms with Crippen molar-refractivity contribution < 1.29 is 23.1 Å². The number of methoxy groups -OCH3 is 1. The van der Waals surface area contributed by atoms with Gasteiger partial charge in [0.2, 0.25) is 0 Å². The highest BCUT2D eigenvalue weighted by Gasteiger charge is 2.36. The summed E-state index contributed by atoms with van der Waals surface area (Å²) in [5.41, 5.74) is 1.04. The number of halogens is 2. The van der Waals surface area contributed by atoms with Crippen LogP contribution in [-0.2, 0) is 12.5 Å². The first-order valence-electron chi connectivity index (χ1n) is 10.4. The highest BCUT2D eigenvalue weighted by atomic mass is 19.3. The van der Waals surface area contributed by atoms with Gasteiger partial charge in [0, 0.05) is 23.9 Å². The molecule has 0 radical (unpaired) electrons. The Balaban J connectivity index is 1.63. The molecule has 1 N–H and O–H groups in total. The standard InChI is InChI=1S/C24H21F2N5O3/c1-14-13-30-21(23(33)31(14)18-7-4-16(5-8-18)24(2,25)26)19(12-28-30)22(32)29-17-6-9-20(34-3)15(10-17)11-27/h4-10,12,14H,13H2,1-3H3,(H,29,32)/t14-/m0/s1. The van der Waals surface area contributed by atoms with Crippen LogP contribution in [0.2, 0.25) is 0 Å². The van der Waals surface area contributed by atoms with Crippen molar-refractivity contribution in [1.82, 2.24) is 9.78 Å². The van der Waals surface area contributed by atoms with Crippen molar-refractivity contribution >= 4 is 23.2 Å². The molecule has 8 nitrogen and oxygen atoms in total. The molecule has 0 aliphatic carbocycles. The van der Waals surface area contributed by atoms with E-state index >= 15 is 0 Å². The van der Waals surface area contributed by atoms with Crippen molar-refractivity contribution in [2.75, 3.05) is 17.3 Å². The summed E-state index contributed by atoms with van der Waals surface area (Å²) in [4.78, 5) is 27.9. The van der Waals surface area contributed by atoms with Crippen LogP contribution >= 0.6 is 0 Å². The van der Waals surface area contributed by atoms with Gasteiger partial charge >= 0.3 is 0 Å². The maximum atomic E-state index is 13.6. The fraction of sp³-hybridized carbons (Fsp3) is 0.250. The number of carbonyl (C=O) groups excluding carboxylic acids is 2. The number of nitriles is 1. The SMILES string of the molecule is COc1ccc(NC(=O)c2cnn3c2C(=O)N(c2ccc(C(C)(F)F)cc2)[C@@H](C)C3)cc1C#N. The molecule has 1 aliphatic heterocycles. The smallest absolute Gasteiger partial charge is 0.277 e. The largest absolute Gasteiger partial charge is 0.495 e. The van der Waals surface area contributed by atoms with E-state index in [4.69, 9.17) is 4.74 Å². The average Bonchev–Trinajstić information content (AvgIpc) is 3.23. The van der Waals surface area contributed by atoms with Gasteiger partial charge in [-0.3, -0.25) is 14.3 Å². The summed E-state index contributed by atoms with van der Waals surface area (Å²) in [7, 11) is 1.44. The highest BCUT2D eigenvalue weighted by molar-refractivity contribution is 6.15. The Kier molecular flexibility index (Phi) is 5.79. The van der Waals surface area contributed by atoms with Crippen LogP contribution in [0.5, 0.6) is 5.75 Å². The lowest BCUT2D eigenvalue weighted by molar-refractivity contribution is 0.0175. The number of alkyl halides is 2. The van der Waals surface area contributed by atoms with Crippen LogP contribution in [0.25, 0.3) is 0 Å². The number of aromatic nitrogens is 2. The van der Waals surface area contributed by atoms with Crippen LogP contribution in [0.4, 0.5) is 20.2 Å². The number of rotatable bonds is 5. The van der Waals surface area contributed by atoms with Gasteiger partial charge in [-0.05, 0) is 37.3 Å². The Morgan fingerprint density at radius 2 is 1.97 bits per heavy atom. The van der Waals surface area contributed by atoms with Gasteiger partial charge in [-0.25, -0.2) is 8.78 Å². The Bertz CT molecular complexity index is 1310. The van der Waals surface area contributed by atoms with E-state index in [1.807, 2.05) is 13.0 Å². The molecular formula is C24H21F2N5O3. The van der Waals surface area contributed by atoms with Crippen LogP contribution in [0, 0.1) is 11.3 Å². The predicted octanol–water partition coefficient (Wildman–Crippen LogP) is 4.18. The summed E-state index contributed by atoms with van der Waals surface area (Å²) in [6.07, 6.45) is 1.31. The van der Waals surface area contributed by atoms with Gasteiger partial charge in [-0.2, -0.15) is 10.4 Å². The van der Waals surface area contributed by atoms with E-state index in [0.29, 0.717) is 23.7 Å². The average molecular weight is 465 g/mol. The second-order valence-corrected chi connectivity index (χ2v) is 8.03. The third-order valence-corrected chi connectivity index (χ3v) is 5.61. The normalized spacial score (nSPS) is 15.5.